The van der Waals surface area contributed by atoms with Crippen LogP contribution in [0.2, 0.25) is 0 Å². The van der Waals surface area contributed by atoms with Gasteiger partial charge >= 0.3 is 39.5 Å². The number of hydrogen-bond acceptors (Lipinski definition) is 15. The fourth-order valence-electron chi connectivity index (χ4n) is 11.5. The van der Waals surface area contributed by atoms with Crippen LogP contribution in [0.15, 0.2) is 0 Å². The second-order valence-electron chi connectivity index (χ2n) is 29.1. The number of rotatable bonds is 73. The molecule has 0 radical (unpaired) electrons. The van der Waals surface area contributed by atoms with Crippen molar-refractivity contribution in [2.45, 2.75) is 401 Å². The molecule has 0 aliphatic heterocycles. The maximum atomic E-state index is 13.1. The minimum atomic E-state index is -4.96. The molecule has 564 valence electrons. The molecule has 3 unspecified atom stereocenters. The minimum absolute atomic E-state index is 0.104. The highest BCUT2D eigenvalue weighted by Crippen LogP contribution is 2.45. The first-order valence-corrected chi connectivity index (χ1v) is 42.2. The SMILES string of the molecule is CCC(C)CCCCCCCCCCCCCCCCCCCCC(=O)OC[C@H](COP(=O)(O)OC[C@@H](O)COP(=O)(O)OC[C@@H](COC(=O)CCCCCCCCC(C)C)OC(=O)CCCCCCCCCCCC(C)C)OC(=O)CCCCCCCCCCCC(C)C. The van der Waals surface area contributed by atoms with Crippen molar-refractivity contribution in [1.29, 1.82) is 0 Å². The highest BCUT2D eigenvalue weighted by Gasteiger charge is 2.30. The van der Waals surface area contributed by atoms with Crippen molar-refractivity contribution in [3.05, 3.63) is 0 Å². The smallest absolute Gasteiger partial charge is 0.462 e. The number of ether oxygens (including phenoxy) is 4. The van der Waals surface area contributed by atoms with E-state index in [9.17, 15) is 43.2 Å². The summed E-state index contributed by atoms with van der Waals surface area (Å²) in [5, 5.41) is 10.6. The van der Waals surface area contributed by atoms with Gasteiger partial charge in [0, 0.05) is 25.7 Å². The summed E-state index contributed by atoms with van der Waals surface area (Å²) in [4.78, 5) is 72.7. The van der Waals surface area contributed by atoms with E-state index in [1.165, 1.54) is 180 Å². The third-order valence-electron chi connectivity index (χ3n) is 17.9. The average Bonchev–Trinajstić information content (AvgIpc) is 3.71. The quantitative estimate of drug-likeness (QED) is 0.0222. The van der Waals surface area contributed by atoms with Gasteiger partial charge in [-0.1, -0.05) is 331 Å². The van der Waals surface area contributed by atoms with E-state index in [0.717, 1.165) is 114 Å². The maximum absolute atomic E-state index is 13.1. The third-order valence-corrected chi connectivity index (χ3v) is 19.8. The molecule has 95 heavy (non-hydrogen) atoms. The lowest BCUT2D eigenvalue weighted by atomic mass is 9.99. The van der Waals surface area contributed by atoms with Crippen LogP contribution in [0.25, 0.3) is 0 Å². The number of hydrogen-bond donors (Lipinski definition) is 3. The van der Waals surface area contributed by atoms with E-state index in [1.807, 2.05) is 0 Å². The summed E-state index contributed by atoms with van der Waals surface area (Å²) in [5.41, 5.74) is 0. The Hall–Kier alpha value is -1.94. The van der Waals surface area contributed by atoms with E-state index in [1.54, 1.807) is 0 Å². The Morgan fingerprint density at radius 3 is 0.747 bits per heavy atom. The van der Waals surface area contributed by atoms with Gasteiger partial charge in [0.25, 0.3) is 0 Å². The molecule has 0 heterocycles. The highest BCUT2D eigenvalue weighted by atomic mass is 31.2. The summed E-state index contributed by atoms with van der Waals surface area (Å²) in [7, 11) is -9.91. The van der Waals surface area contributed by atoms with Gasteiger partial charge in [-0.25, -0.2) is 9.13 Å². The Bertz CT molecular complexity index is 1870. The van der Waals surface area contributed by atoms with E-state index >= 15 is 0 Å². The number of phosphoric ester groups is 2. The summed E-state index contributed by atoms with van der Waals surface area (Å²) >= 11 is 0. The lowest BCUT2D eigenvalue weighted by Gasteiger charge is -2.21. The van der Waals surface area contributed by atoms with Crippen molar-refractivity contribution in [2.75, 3.05) is 39.6 Å². The monoisotopic (exact) mass is 1400 g/mol. The molecule has 0 aromatic carbocycles. The van der Waals surface area contributed by atoms with Gasteiger partial charge in [-0.2, -0.15) is 0 Å². The first kappa shape index (κ1) is 93.1. The van der Waals surface area contributed by atoms with Gasteiger partial charge in [-0.15, -0.1) is 0 Å². The number of carbonyl (C=O) groups is 4. The van der Waals surface area contributed by atoms with E-state index in [0.29, 0.717) is 31.6 Å². The van der Waals surface area contributed by atoms with E-state index in [-0.39, 0.29) is 25.7 Å². The summed E-state index contributed by atoms with van der Waals surface area (Å²) in [6.07, 6.45) is 50.3. The van der Waals surface area contributed by atoms with Gasteiger partial charge in [-0.05, 0) is 49.4 Å². The molecule has 0 rings (SSSR count). The zero-order chi connectivity index (χ0) is 70.3. The molecular formula is C76H148O17P2. The molecule has 0 saturated carbocycles. The normalized spacial score (nSPS) is 14.4. The number of aliphatic hydroxyl groups is 1. The largest absolute Gasteiger partial charge is 0.472 e. The Morgan fingerprint density at radius 1 is 0.295 bits per heavy atom. The molecule has 0 saturated heterocycles. The molecule has 3 N–H and O–H groups in total. The number of unbranched alkanes of at least 4 members (excludes halogenated alkanes) is 38. The Balaban J connectivity index is 5.15. The van der Waals surface area contributed by atoms with Crippen LogP contribution in [-0.4, -0.2) is 96.7 Å². The van der Waals surface area contributed by atoms with E-state index in [2.05, 4.69) is 55.4 Å². The predicted octanol–water partition coefficient (Wildman–Crippen LogP) is 22.0. The molecular weight excluding hydrogens is 1250 g/mol. The van der Waals surface area contributed by atoms with Crippen LogP contribution in [0.3, 0.4) is 0 Å². The molecule has 0 fully saturated rings. The Morgan fingerprint density at radius 2 is 0.505 bits per heavy atom. The van der Waals surface area contributed by atoms with Gasteiger partial charge in [0.15, 0.2) is 12.2 Å². The fourth-order valence-corrected chi connectivity index (χ4v) is 13.1. The zero-order valence-electron chi connectivity index (χ0n) is 62.3. The van der Waals surface area contributed by atoms with Crippen LogP contribution in [0.5, 0.6) is 0 Å². The molecule has 0 amide bonds. The fraction of sp³-hybridized carbons (Fsp3) is 0.947. The first-order chi connectivity index (χ1) is 45.6. The van der Waals surface area contributed by atoms with Crippen LogP contribution in [0, 0.1) is 23.7 Å². The van der Waals surface area contributed by atoms with Crippen LogP contribution in [-0.2, 0) is 65.4 Å². The molecule has 19 heteroatoms. The zero-order valence-corrected chi connectivity index (χ0v) is 64.1. The van der Waals surface area contributed by atoms with Gasteiger partial charge in [0.2, 0.25) is 0 Å². The lowest BCUT2D eigenvalue weighted by molar-refractivity contribution is -0.161. The summed E-state index contributed by atoms with van der Waals surface area (Å²) in [6.45, 7) is 14.1. The number of carbonyl (C=O) groups excluding carboxylic acids is 4. The summed E-state index contributed by atoms with van der Waals surface area (Å²) in [5.74, 6) is 0.900. The molecule has 0 aromatic heterocycles. The summed E-state index contributed by atoms with van der Waals surface area (Å²) in [6, 6.07) is 0. The van der Waals surface area contributed by atoms with Gasteiger partial charge in [-0.3, -0.25) is 37.3 Å². The Labute approximate surface area is 581 Å². The number of phosphoric acid groups is 2. The molecule has 0 aliphatic rings. The Kier molecular flexibility index (Phi) is 64.0. The average molecular weight is 1400 g/mol. The number of aliphatic hydroxyl groups excluding tert-OH is 1. The second-order valence-corrected chi connectivity index (χ2v) is 32.0. The van der Waals surface area contributed by atoms with Crippen LogP contribution < -0.4 is 0 Å². The van der Waals surface area contributed by atoms with Crippen molar-refractivity contribution < 1.29 is 80.2 Å². The van der Waals surface area contributed by atoms with Crippen LogP contribution >= 0.6 is 15.6 Å². The van der Waals surface area contributed by atoms with Crippen LogP contribution in [0.4, 0.5) is 0 Å². The lowest BCUT2D eigenvalue weighted by Crippen LogP contribution is -2.30. The molecule has 6 atom stereocenters. The van der Waals surface area contributed by atoms with Crippen LogP contribution in [0.1, 0.15) is 383 Å². The molecule has 0 bridgehead atoms. The minimum Gasteiger partial charge on any atom is -0.462 e. The van der Waals surface area contributed by atoms with Gasteiger partial charge in [0.1, 0.15) is 19.3 Å². The van der Waals surface area contributed by atoms with E-state index < -0.39 is 97.5 Å². The molecule has 0 aliphatic carbocycles. The number of esters is 4. The predicted molar refractivity (Wildman–Crippen MR) is 386 cm³/mol. The first-order valence-electron chi connectivity index (χ1n) is 39.2. The molecule has 0 aromatic rings. The molecule has 17 nitrogen and oxygen atoms in total. The van der Waals surface area contributed by atoms with Crippen molar-refractivity contribution in [3.8, 4) is 0 Å². The second kappa shape index (κ2) is 65.4. The summed E-state index contributed by atoms with van der Waals surface area (Å²) < 4.78 is 68.4. The molecule has 0 spiro atoms. The highest BCUT2D eigenvalue weighted by molar-refractivity contribution is 7.47. The van der Waals surface area contributed by atoms with Crippen molar-refractivity contribution in [3.63, 3.8) is 0 Å². The standard InChI is InChI=1S/C76H148O17P2/c1-9-69(8)55-47-39-30-24-18-16-14-12-10-11-13-15-17-19-25-31-40-48-56-73(78)86-62-71(92-75(80)58-50-42-32-26-20-22-28-36-44-52-66(2)3)64-90-94(82,83)88-60-70(77)61-89-95(84,85)91-65-72(63-87-74(79)57-49-41-35-34-38-46-54-68(6)7)93-76(81)59-51-43-33-27-21-23-29-37-45-53-67(4)5/h66-72,77H,9-65H2,1-8H3,(H,82,83)(H,84,85)/t69?,70-,71-,72-/m1/s1. The topological polar surface area (TPSA) is 237 Å². The van der Waals surface area contributed by atoms with E-state index in [4.69, 9.17) is 37.0 Å². The maximum Gasteiger partial charge on any atom is 0.472 e. The van der Waals surface area contributed by atoms with Crippen molar-refractivity contribution in [2.24, 2.45) is 23.7 Å². The third kappa shape index (κ3) is 69.0. The van der Waals surface area contributed by atoms with Crippen molar-refractivity contribution in [1.82, 2.24) is 0 Å². The van der Waals surface area contributed by atoms with Gasteiger partial charge < -0.3 is 33.8 Å². The van der Waals surface area contributed by atoms with Gasteiger partial charge in [0.05, 0.1) is 26.4 Å². The van der Waals surface area contributed by atoms with Crippen molar-refractivity contribution >= 4 is 39.5 Å².